The van der Waals surface area contributed by atoms with Gasteiger partial charge in [0.15, 0.2) is 0 Å². The van der Waals surface area contributed by atoms with Crippen LogP contribution in [0.15, 0.2) is 35.3 Å². The van der Waals surface area contributed by atoms with Gasteiger partial charge in [-0.05, 0) is 101 Å². The van der Waals surface area contributed by atoms with Crippen LogP contribution in [0.4, 0.5) is 11.5 Å². The first-order chi connectivity index (χ1) is 18.8. The van der Waals surface area contributed by atoms with E-state index in [9.17, 15) is 0 Å². The second-order valence-electron chi connectivity index (χ2n) is 11.1. The van der Waals surface area contributed by atoms with Crippen molar-refractivity contribution in [3.05, 3.63) is 64.1 Å². The molecule has 2 aliphatic heterocycles. The number of methoxy groups -OCH3 is 1. The predicted octanol–water partition coefficient (Wildman–Crippen LogP) is 5.84. The third-order valence-electron chi connectivity index (χ3n) is 7.58. The van der Waals surface area contributed by atoms with Gasteiger partial charge in [-0.15, -0.1) is 0 Å². The van der Waals surface area contributed by atoms with Crippen LogP contribution in [-0.4, -0.2) is 61.5 Å². The highest BCUT2D eigenvalue weighted by Gasteiger charge is 2.24. The predicted molar refractivity (Wildman–Crippen MR) is 159 cm³/mol. The van der Waals surface area contributed by atoms with Gasteiger partial charge in [-0.3, -0.25) is 4.99 Å². The summed E-state index contributed by atoms with van der Waals surface area (Å²) in [6, 6.07) is 11.3. The number of fused-ring (bicyclic) bond motifs is 2. The van der Waals surface area contributed by atoms with Crippen LogP contribution in [0.25, 0.3) is 11.1 Å². The monoisotopic (exact) mass is 527 g/mol. The molecule has 0 saturated heterocycles. The number of aliphatic imine (C=N–C) groups is 1. The van der Waals surface area contributed by atoms with Crippen molar-refractivity contribution in [3.8, 4) is 16.9 Å². The van der Waals surface area contributed by atoms with Crippen molar-refractivity contribution >= 4 is 17.2 Å². The van der Waals surface area contributed by atoms with Crippen LogP contribution < -0.4 is 9.64 Å². The van der Waals surface area contributed by atoms with Gasteiger partial charge in [0.05, 0.1) is 25.4 Å². The van der Waals surface area contributed by atoms with Gasteiger partial charge in [-0.2, -0.15) is 0 Å². The largest absolute Gasteiger partial charge is 0.491 e. The molecule has 0 bridgehead atoms. The van der Waals surface area contributed by atoms with E-state index in [2.05, 4.69) is 60.9 Å². The molecule has 7 nitrogen and oxygen atoms in total. The first-order valence-electron chi connectivity index (χ1n) is 14.0. The van der Waals surface area contributed by atoms with Gasteiger partial charge in [0, 0.05) is 42.6 Å². The normalized spacial score (nSPS) is 15.3. The molecular formula is C32H41N5O2. The lowest BCUT2D eigenvalue weighted by Crippen LogP contribution is -2.29. The quantitative estimate of drug-likeness (QED) is 0.385. The van der Waals surface area contributed by atoms with E-state index in [-0.39, 0.29) is 0 Å². The molecular weight excluding hydrogens is 486 g/mol. The van der Waals surface area contributed by atoms with Crippen LogP contribution in [0.2, 0.25) is 0 Å². The highest BCUT2D eigenvalue weighted by molar-refractivity contribution is 5.86. The van der Waals surface area contributed by atoms with E-state index < -0.39 is 0 Å². The second-order valence-corrected chi connectivity index (χ2v) is 11.1. The topological polar surface area (TPSA) is 63.1 Å². The first-order valence-corrected chi connectivity index (χ1v) is 14.0. The SMILES string of the molecule is COCCc1c(C)nc(CN(C)C)nc1N1CCOc2c(C)cc(-c3ccc4c(c3)CCCC(C)=N4)cc2C1. The third kappa shape index (κ3) is 6.15. The van der Waals surface area contributed by atoms with Crippen LogP contribution in [0.3, 0.4) is 0 Å². The maximum atomic E-state index is 6.35. The molecule has 0 amide bonds. The van der Waals surface area contributed by atoms with E-state index in [1.807, 2.05) is 14.1 Å². The molecule has 0 saturated carbocycles. The first kappa shape index (κ1) is 27.3. The molecule has 0 atom stereocenters. The summed E-state index contributed by atoms with van der Waals surface area (Å²) in [5.74, 6) is 2.83. The fourth-order valence-electron chi connectivity index (χ4n) is 5.68. The average Bonchev–Trinajstić information content (AvgIpc) is 3.22. The van der Waals surface area contributed by atoms with Crippen molar-refractivity contribution in [3.63, 3.8) is 0 Å². The molecule has 0 spiro atoms. The number of nitrogens with zero attached hydrogens (tertiary/aromatic N) is 5. The number of aryl methyl sites for hydroxylation is 3. The Bertz CT molecular complexity index is 1380. The van der Waals surface area contributed by atoms with Crippen molar-refractivity contribution in [1.29, 1.82) is 0 Å². The minimum absolute atomic E-state index is 0.610. The molecule has 0 N–H and O–H groups in total. The zero-order chi connectivity index (χ0) is 27.5. The number of rotatable bonds is 7. The maximum absolute atomic E-state index is 6.35. The van der Waals surface area contributed by atoms with Crippen molar-refractivity contribution in [2.75, 3.05) is 45.9 Å². The Morgan fingerprint density at radius 1 is 1.00 bits per heavy atom. The molecule has 3 heterocycles. The van der Waals surface area contributed by atoms with E-state index >= 15 is 0 Å². The summed E-state index contributed by atoms with van der Waals surface area (Å²) >= 11 is 0. The maximum Gasteiger partial charge on any atom is 0.144 e. The molecule has 1 aromatic heterocycles. The average molecular weight is 528 g/mol. The molecule has 39 heavy (non-hydrogen) atoms. The third-order valence-corrected chi connectivity index (χ3v) is 7.58. The van der Waals surface area contributed by atoms with Crippen LogP contribution in [0.5, 0.6) is 5.75 Å². The summed E-state index contributed by atoms with van der Waals surface area (Å²) in [5, 5.41) is 0. The summed E-state index contributed by atoms with van der Waals surface area (Å²) in [5.41, 5.74) is 10.7. The Hall–Kier alpha value is -3.29. The smallest absolute Gasteiger partial charge is 0.144 e. The lowest BCUT2D eigenvalue weighted by atomic mass is 9.96. The molecule has 2 aromatic carbocycles. The van der Waals surface area contributed by atoms with Gasteiger partial charge in [0.25, 0.3) is 0 Å². The second kappa shape index (κ2) is 11.8. The van der Waals surface area contributed by atoms with Crippen molar-refractivity contribution in [2.45, 2.75) is 59.5 Å². The van der Waals surface area contributed by atoms with Gasteiger partial charge in [0.2, 0.25) is 0 Å². The van der Waals surface area contributed by atoms with Gasteiger partial charge < -0.3 is 19.3 Å². The van der Waals surface area contributed by atoms with Crippen molar-refractivity contribution in [2.24, 2.45) is 4.99 Å². The van der Waals surface area contributed by atoms with Gasteiger partial charge in [-0.25, -0.2) is 9.97 Å². The fourth-order valence-corrected chi connectivity index (χ4v) is 5.68. The van der Waals surface area contributed by atoms with Gasteiger partial charge >= 0.3 is 0 Å². The lowest BCUT2D eigenvalue weighted by Gasteiger charge is -2.26. The Balaban J connectivity index is 1.52. The van der Waals surface area contributed by atoms with Gasteiger partial charge in [-0.1, -0.05) is 6.07 Å². The summed E-state index contributed by atoms with van der Waals surface area (Å²) in [4.78, 5) is 19.2. The zero-order valence-corrected chi connectivity index (χ0v) is 24.3. The molecule has 0 unspecified atom stereocenters. The molecule has 5 rings (SSSR count). The Kier molecular flexibility index (Phi) is 8.29. The number of hydrogen-bond acceptors (Lipinski definition) is 7. The molecule has 7 heteroatoms. The number of anilines is 1. The minimum Gasteiger partial charge on any atom is -0.491 e. The molecule has 0 fully saturated rings. The van der Waals surface area contributed by atoms with Crippen LogP contribution in [0.1, 0.15) is 53.5 Å². The lowest BCUT2D eigenvalue weighted by molar-refractivity contribution is 0.202. The van der Waals surface area contributed by atoms with E-state index in [1.165, 1.54) is 33.5 Å². The van der Waals surface area contributed by atoms with Crippen LogP contribution in [-0.2, 0) is 30.7 Å². The van der Waals surface area contributed by atoms with E-state index in [1.54, 1.807) is 7.11 Å². The number of aromatic nitrogens is 2. The zero-order valence-electron chi connectivity index (χ0n) is 24.3. The Morgan fingerprint density at radius 2 is 1.82 bits per heavy atom. The molecule has 0 radical (unpaired) electrons. The number of benzene rings is 2. The Morgan fingerprint density at radius 3 is 2.62 bits per heavy atom. The van der Waals surface area contributed by atoms with Crippen LogP contribution in [0, 0.1) is 13.8 Å². The number of ether oxygens (including phenoxy) is 2. The van der Waals surface area contributed by atoms with Crippen molar-refractivity contribution in [1.82, 2.24) is 14.9 Å². The minimum atomic E-state index is 0.610. The molecule has 206 valence electrons. The highest BCUT2D eigenvalue weighted by atomic mass is 16.5. The Labute approximate surface area is 232 Å². The summed E-state index contributed by atoms with van der Waals surface area (Å²) in [6.07, 6.45) is 4.06. The summed E-state index contributed by atoms with van der Waals surface area (Å²) in [7, 11) is 5.84. The van der Waals surface area contributed by atoms with Gasteiger partial charge in [0.1, 0.15) is 24.0 Å². The number of hydrogen-bond donors (Lipinski definition) is 0. The fraction of sp³-hybridized carbons (Fsp3) is 0.469. The van der Waals surface area contributed by atoms with Crippen LogP contribution >= 0.6 is 0 Å². The van der Waals surface area contributed by atoms with E-state index in [0.717, 1.165) is 73.1 Å². The standard InChI is InChI=1S/C32H41N5O2/c1-21-16-26(24-10-11-29-25(17-24)9-7-8-22(2)33-29)18-27-19-37(13-15-39-31(21)27)32-28(12-14-38-6)23(3)34-30(35-32)20-36(4)5/h10-11,16-18H,7-9,12-15,19-20H2,1-6H3. The van der Waals surface area contributed by atoms with E-state index in [0.29, 0.717) is 19.8 Å². The molecule has 3 aromatic rings. The van der Waals surface area contributed by atoms with E-state index in [4.69, 9.17) is 24.4 Å². The molecule has 2 aliphatic rings. The summed E-state index contributed by atoms with van der Waals surface area (Å²) in [6.45, 7) is 9.81. The summed E-state index contributed by atoms with van der Waals surface area (Å²) < 4.78 is 11.8. The highest BCUT2D eigenvalue weighted by Crippen LogP contribution is 2.37. The van der Waals surface area contributed by atoms with Crippen molar-refractivity contribution < 1.29 is 9.47 Å². The molecule has 0 aliphatic carbocycles.